The number of benzene rings is 2. The summed E-state index contributed by atoms with van der Waals surface area (Å²) in [7, 11) is 0. The summed E-state index contributed by atoms with van der Waals surface area (Å²) in [4.78, 5) is 10.9. The zero-order valence-corrected chi connectivity index (χ0v) is 10.7. The Balaban J connectivity index is 2.34. The summed E-state index contributed by atoms with van der Waals surface area (Å²) < 4.78 is 0. The van der Waals surface area contributed by atoms with Crippen LogP contribution in [0.1, 0.15) is 28.4 Å². The van der Waals surface area contributed by atoms with Crippen LogP contribution in [0.25, 0.3) is 0 Å². The molecule has 0 aliphatic rings. The van der Waals surface area contributed by atoms with Gasteiger partial charge in [-0.25, -0.2) is 4.79 Å². The maximum atomic E-state index is 10.9. The molecular weight excluding hydrogens is 254 g/mol. The number of hydrogen-bond donors (Lipinski definition) is 2. The molecule has 0 fully saturated rings. The van der Waals surface area contributed by atoms with Crippen molar-refractivity contribution in [3.05, 3.63) is 70.8 Å². The Morgan fingerprint density at radius 3 is 2.65 bits per heavy atom. The van der Waals surface area contributed by atoms with Gasteiger partial charge in [-0.15, -0.1) is 0 Å². The third-order valence-electron chi connectivity index (χ3n) is 3.03. The molecule has 0 radical (unpaired) electrons. The fourth-order valence-corrected chi connectivity index (χ4v) is 2.07. The van der Waals surface area contributed by atoms with Crippen molar-refractivity contribution in [2.75, 3.05) is 0 Å². The highest BCUT2D eigenvalue weighted by atomic mass is 16.4. The Labute approximate surface area is 116 Å². The normalized spacial score (nSPS) is 11.6. The Morgan fingerprint density at radius 2 is 1.95 bits per heavy atom. The predicted octanol–water partition coefficient (Wildman–Crippen LogP) is 2.27. The van der Waals surface area contributed by atoms with Gasteiger partial charge in [0.15, 0.2) is 6.10 Å². The highest BCUT2D eigenvalue weighted by Crippen LogP contribution is 2.21. The Hall–Kier alpha value is -2.64. The molecule has 0 amide bonds. The third kappa shape index (κ3) is 3.02. The van der Waals surface area contributed by atoms with Crippen LogP contribution in [0, 0.1) is 11.3 Å². The van der Waals surface area contributed by atoms with Gasteiger partial charge < -0.3 is 10.2 Å². The van der Waals surface area contributed by atoms with Crippen LogP contribution < -0.4 is 0 Å². The number of aliphatic hydroxyl groups excluding tert-OH is 1. The second-order valence-electron chi connectivity index (χ2n) is 4.43. The van der Waals surface area contributed by atoms with Gasteiger partial charge in [0.2, 0.25) is 0 Å². The Kier molecular flexibility index (Phi) is 4.14. The van der Waals surface area contributed by atoms with Gasteiger partial charge in [-0.05, 0) is 35.2 Å². The number of nitrogens with zero attached hydrogens (tertiary/aromatic N) is 1. The summed E-state index contributed by atoms with van der Waals surface area (Å²) in [5.74, 6) is -1.27. The molecule has 2 aromatic rings. The van der Waals surface area contributed by atoms with Gasteiger partial charge in [0.1, 0.15) is 0 Å². The fraction of sp³-hybridized carbons (Fsp3) is 0.125. The van der Waals surface area contributed by atoms with E-state index in [0.717, 1.165) is 11.1 Å². The average Bonchev–Trinajstić information content (AvgIpc) is 2.47. The predicted molar refractivity (Wildman–Crippen MR) is 73.0 cm³/mol. The molecular formula is C16H13NO3. The van der Waals surface area contributed by atoms with Gasteiger partial charge in [-0.3, -0.25) is 0 Å². The first-order valence-electron chi connectivity index (χ1n) is 6.09. The number of rotatable bonds is 4. The molecule has 0 spiro atoms. The number of carboxylic acid groups (broad SMARTS) is 1. The van der Waals surface area contributed by atoms with Crippen molar-refractivity contribution in [3.8, 4) is 6.07 Å². The number of carboxylic acids is 1. The van der Waals surface area contributed by atoms with Gasteiger partial charge in [0.25, 0.3) is 0 Å². The summed E-state index contributed by atoms with van der Waals surface area (Å²) in [5, 5.41) is 27.5. The van der Waals surface area contributed by atoms with E-state index >= 15 is 0 Å². The van der Waals surface area contributed by atoms with Gasteiger partial charge in [0.05, 0.1) is 11.6 Å². The van der Waals surface area contributed by atoms with Crippen LogP contribution >= 0.6 is 0 Å². The molecule has 0 aliphatic heterocycles. The lowest BCUT2D eigenvalue weighted by Gasteiger charge is -2.12. The summed E-state index contributed by atoms with van der Waals surface area (Å²) >= 11 is 0. The smallest absolute Gasteiger partial charge is 0.337 e. The van der Waals surface area contributed by atoms with Crippen LogP contribution in [0.4, 0.5) is 0 Å². The minimum absolute atomic E-state index is 0.377. The summed E-state index contributed by atoms with van der Waals surface area (Å²) in [5.41, 5.74) is 2.56. The van der Waals surface area contributed by atoms with Crippen LogP contribution in [0.5, 0.6) is 0 Å². The molecule has 0 saturated heterocycles. The topological polar surface area (TPSA) is 81.3 Å². The first kappa shape index (κ1) is 13.8. The largest absolute Gasteiger partial charge is 0.479 e. The molecule has 1 atom stereocenters. The van der Waals surface area contributed by atoms with E-state index in [1.54, 1.807) is 42.5 Å². The summed E-state index contributed by atoms with van der Waals surface area (Å²) in [6.45, 7) is 0. The highest BCUT2D eigenvalue weighted by molar-refractivity contribution is 5.74. The summed E-state index contributed by atoms with van der Waals surface area (Å²) in [6.07, 6.45) is -1.07. The molecule has 2 rings (SSSR count). The van der Waals surface area contributed by atoms with E-state index in [1.807, 2.05) is 6.07 Å². The van der Waals surface area contributed by atoms with Crippen LogP contribution in [-0.2, 0) is 11.2 Å². The lowest BCUT2D eigenvalue weighted by Crippen LogP contribution is -2.12. The molecule has 4 nitrogen and oxygen atoms in total. The molecule has 0 unspecified atom stereocenters. The minimum Gasteiger partial charge on any atom is -0.479 e. The van der Waals surface area contributed by atoms with E-state index in [1.165, 1.54) is 0 Å². The number of hydrogen-bond acceptors (Lipinski definition) is 3. The van der Waals surface area contributed by atoms with E-state index in [9.17, 15) is 9.90 Å². The molecule has 2 N–H and O–H groups in total. The molecule has 0 bridgehead atoms. The van der Waals surface area contributed by atoms with Gasteiger partial charge in [-0.2, -0.15) is 5.26 Å². The molecule has 4 heteroatoms. The van der Waals surface area contributed by atoms with E-state index in [0.29, 0.717) is 17.5 Å². The van der Waals surface area contributed by atoms with Crippen molar-refractivity contribution in [2.45, 2.75) is 12.5 Å². The summed E-state index contributed by atoms with van der Waals surface area (Å²) in [6, 6.07) is 16.0. The number of nitriles is 1. The minimum atomic E-state index is -1.54. The van der Waals surface area contributed by atoms with Crippen molar-refractivity contribution in [1.29, 1.82) is 5.26 Å². The molecule has 20 heavy (non-hydrogen) atoms. The number of carbonyl (C=O) groups is 1. The maximum absolute atomic E-state index is 10.9. The lowest BCUT2D eigenvalue weighted by atomic mass is 9.96. The molecule has 0 heterocycles. The van der Waals surface area contributed by atoms with Crippen LogP contribution in [-0.4, -0.2) is 16.2 Å². The van der Waals surface area contributed by atoms with E-state index in [2.05, 4.69) is 6.07 Å². The van der Waals surface area contributed by atoms with Crippen molar-refractivity contribution >= 4 is 5.97 Å². The number of aliphatic carboxylic acids is 1. The standard InChI is InChI=1S/C16H13NO3/c17-10-12-5-3-4-11(8-12)9-13-6-1-2-7-14(13)15(18)16(19)20/h1-8,15,18H,9H2,(H,19,20)/t15-/m1/s1. The molecule has 100 valence electrons. The van der Waals surface area contributed by atoms with Crippen LogP contribution in [0.2, 0.25) is 0 Å². The Morgan fingerprint density at radius 1 is 1.20 bits per heavy atom. The van der Waals surface area contributed by atoms with Gasteiger partial charge in [0, 0.05) is 0 Å². The monoisotopic (exact) mass is 267 g/mol. The van der Waals surface area contributed by atoms with Crippen molar-refractivity contribution in [2.24, 2.45) is 0 Å². The quantitative estimate of drug-likeness (QED) is 0.890. The fourth-order valence-electron chi connectivity index (χ4n) is 2.07. The number of aliphatic hydroxyl groups is 1. The van der Waals surface area contributed by atoms with Crippen LogP contribution in [0.15, 0.2) is 48.5 Å². The second kappa shape index (κ2) is 6.00. The molecule has 2 aromatic carbocycles. The van der Waals surface area contributed by atoms with Crippen molar-refractivity contribution in [1.82, 2.24) is 0 Å². The first-order chi connectivity index (χ1) is 9.61. The van der Waals surface area contributed by atoms with Crippen LogP contribution in [0.3, 0.4) is 0 Å². The third-order valence-corrected chi connectivity index (χ3v) is 3.03. The SMILES string of the molecule is N#Cc1cccc(Cc2ccccc2[C@@H](O)C(=O)O)c1. The van der Waals surface area contributed by atoms with Crippen molar-refractivity contribution < 1.29 is 15.0 Å². The van der Waals surface area contributed by atoms with Gasteiger partial charge in [-0.1, -0.05) is 36.4 Å². The first-order valence-corrected chi connectivity index (χ1v) is 6.09. The molecule has 0 saturated carbocycles. The molecule has 0 aliphatic carbocycles. The zero-order valence-electron chi connectivity index (χ0n) is 10.7. The van der Waals surface area contributed by atoms with E-state index < -0.39 is 12.1 Å². The Bertz CT molecular complexity index is 673. The average molecular weight is 267 g/mol. The molecule has 0 aromatic heterocycles. The van der Waals surface area contributed by atoms with Gasteiger partial charge >= 0.3 is 5.97 Å². The highest BCUT2D eigenvalue weighted by Gasteiger charge is 2.18. The maximum Gasteiger partial charge on any atom is 0.337 e. The van der Waals surface area contributed by atoms with E-state index in [4.69, 9.17) is 10.4 Å². The van der Waals surface area contributed by atoms with Crippen molar-refractivity contribution in [3.63, 3.8) is 0 Å². The lowest BCUT2D eigenvalue weighted by molar-refractivity contribution is -0.147. The second-order valence-corrected chi connectivity index (χ2v) is 4.43. The zero-order chi connectivity index (χ0) is 14.5. The van der Waals surface area contributed by atoms with E-state index in [-0.39, 0.29) is 0 Å².